The molecule has 0 saturated heterocycles. The number of carbonyl (C=O) groups excluding carboxylic acids is 2. The number of nitrogens with zero attached hydrogens (tertiary/aromatic N) is 1. The van der Waals surface area contributed by atoms with E-state index in [4.69, 9.17) is 0 Å². The SMILES string of the molecule is CC(=O)NC(C)N(C)C(C)=O. The molecule has 0 aliphatic heterocycles. The first kappa shape index (κ1) is 9.94. The molecule has 0 radical (unpaired) electrons. The lowest BCUT2D eigenvalue weighted by Gasteiger charge is -2.23. The van der Waals surface area contributed by atoms with Gasteiger partial charge in [0.25, 0.3) is 0 Å². The highest BCUT2D eigenvalue weighted by atomic mass is 16.2. The van der Waals surface area contributed by atoms with Gasteiger partial charge in [0.05, 0.1) is 0 Å². The fourth-order valence-electron chi connectivity index (χ4n) is 0.664. The number of hydrogen-bond acceptors (Lipinski definition) is 2. The molecular formula is C7H14N2O2. The van der Waals surface area contributed by atoms with Crippen LogP contribution in [0.1, 0.15) is 20.8 Å². The average molecular weight is 158 g/mol. The molecule has 4 heteroatoms. The monoisotopic (exact) mass is 158 g/mol. The maximum Gasteiger partial charge on any atom is 0.220 e. The maximum atomic E-state index is 10.7. The van der Waals surface area contributed by atoms with Crippen molar-refractivity contribution >= 4 is 11.8 Å². The summed E-state index contributed by atoms with van der Waals surface area (Å²) >= 11 is 0. The molecule has 0 bridgehead atoms. The first-order valence-corrected chi connectivity index (χ1v) is 3.45. The van der Waals surface area contributed by atoms with E-state index < -0.39 is 0 Å². The molecule has 11 heavy (non-hydrogen) atoms. The molecule has 0 spiro atoms. The van der Waals surface area contributed by atoms with Crippen molar-refractivity contribution in [3.05, 3.63) is 0 Å². The predicted molar refractivity (Wildman–Crippen MR) is 41.7 cm³/mol. The molecule has 0 rings (SSSR count). The normalized spacial score (nSPS) is 12.0. The number of rotatable bonds is 2. The Morgan fingerprint density at radius 2 is 1.82 bits per heavy atom. The molecule has 0 aromatic rings. The molecular weight excluding hydrogens is 144 g/mol. The summed E-state index contributed by atoms with van der Waals surface area (Å²) in [6.45, 7) is 4.63. The van der Waals surface area contributed by atoms with Crippen LogP contribution in [0.5, 0.6) is 0 Å². The van der Waals surface area contributed by atoms with Crippen LogP contribution in [0.25, 0.3) is 0 Å². The highest BCUT2D eigenvalue weighted by molar-refractivity contribution is 5.76. The Labute approximate surface area is 66.6 Å². The number of carbonyl (C=O) groups is 2. The van der Waals surface area contributed by atoms with E-state index in [0.717, 1.165) is 0 Å². The van der Waals surface area contributed by atoms with Crippen LogP contribution in [0.4, 0.5) is 0 Å². The van der Waals surface area contributed by atoms with Crippen molar-refractivity contribution < 1.29 is 9.59 Å². The third-order valence-corrected chi connectivity index (χ3v) is 1.49. The Morgan fingerprint density at radius 3 is 2.09 bits per heavy atom. The summed E-state index contributed by atoms with van der Waals surface area (Å²) in [4.78, 5) is 22.7. The first-order valence-electron chi connectivity index (χ1n) is 3.45. The van der Waals surface area contributed by atoms with Gasteiger partial charge in [-0.05, 0) is 6.92 Å². The lowest BCUT2D eigenvalue weighted by atomic mass is 10.4. The van der Waals surface area contributed by atoms with E-state index in [1.165, 1.54) is 18.7 Å². The highest BCUT2D eigenvalue weighted by Crippen LogP contribution is 1.90. The fourth-order valence-corrected chi connectivity index (χ4v) is 0.664. The van der Waals surface area contributed by atoms with Gasteiger partial charge in [-0.1, -0.05) is 0 Å². The number of hydrogen-bond donors (Lipinski definition) is 1. The Morgan fingerprint density at radius 1 is 1.36 bits per heavy atom. The van der Waals surface area contributed by atoms with Crippen LogP contribution in [0.2, 0.25) is 0 Å². The number of amides is 2. The highest BCUT2D eigenvalue weighted by Gasteiger charge is 2.11. The summed E-state index contributed by atoms with van der Waals surface area (Å²) in [6.07, 6.45) is -0.231. The smallest absolute Gasteiger partial charge is 0.220 e. The van der Waals surface area contributed by atoms with E-state index in [-0.39, 0.29) is 18.0 Å². The zero-order valence-corrected chi connectivity index (χ0v) is 7.34. The van der Waals surface area contributed by atoms with Gasteiger partial charge in [0.15, 0.2) is 0 Å². The minimum Gasteiger partial charge on any atom is -0.336 e. The van der Waals surface area contributed by atoms with Gasteiger partial charge in [-0.2, -0.15) is 0 Å². The van der Waals surface area contributed by atoms with Crippen LogP contribution in [-0.2, 0) is 9.59 Å². The van der Waals surface area contributed by atoms with Crippen molar-refractivity contribution in [1.29, 1.82) is 0 Å². The summed E-state index contributed by atoms with van der Waals surface area (Å²) < 4.78 is 0. The van der Waals surface area contributed by atoms with E-state index in [1.54, 1.807) is 14.0 Å². The van der Waals surface area contributed by atoms with E-state index in [9.17, 15) is 9.59 Å². The first-order chi connectivity index (χ1) is 4.95. The Bertz CT molecular complexity index is 168. The quantitative estimate of drug-likeness (QED) is 0.573. The third kappa shape index (κ3) is 3.60. The van der Waals surface area contributed by atoms with Crippen molar-refractivity contribution in [2.45, 2.75) is 26.9 Å². The van der Waals surface area contributed by atoms with Gasteiger partial charge >= 0.3 is 0 Å². The fraction of sp³-hybridized carbons (Fsp3) is 0.714. The third-order valence-electron chi connectivity index (χ3n) is 1.49. The van der Waals surface area contributed by atoms with Gasteiger partial charge in [-0.3, -0.25) is 9.59 Å². The molecule has 1 atom stereocenters. The van der Waals surface area contributed by atoms with E-state index >= 15 is 0 Å². The van der Waals surface area contributed by atoms with Crippen molar-refractivity contribution in [2.24, 2.45) is 0 Å². The van der Waals surface area contributed by atoms with Crippen LogP contribution in [0.3, 0.4) is 0 Å². The summed E-state index contributed by atoms with van der Waals surface area (Å²) in [7, 11) is 1.64. The maximum absolute atomic E-state index is 10.7. The lowest BCUT2D eigenvalue weighted by molar-refractivity contribution is -0.131. The van der Waals surface area contributed by atoms with Gasteiger partial charge in [0.1, 0.15) is 6.17 Å². The molecule has 1 N–H and O–H groups in total. The summed E-state index contributed by atoms with van der Waals surface area (Å²) in [5.74, 6) is -0.197. The Hall–Kier alpha value is -1.06. The van der Waals surface area contributed by atoms with Crippen molar-refractivity contribution in [2.75, 3.05) is 7.05 Å². The molecule has 0 aliphatic rings. The van der Waals surface area contributed by atoms with Crippen LogP contribution >= 0.6 is 0 Å². The molecule has 0 saturated carbocycles. The van der Waals surface area contributed by atoms with Gasteiger partial charge in [-0.25, -0.2) is 0 Å². The van der Waals surface area contributed by atoms with E-state index in [0.29, 0.717) is 0 Å². The second-order valence-corrected chi connectivity index (χ2v) is 2.51. The second kappa shape index (κ2) is 3.95. The van der Waals surface area contributed by atoms with Crippen molar-refractivity contribution in [3.63, 3.8) is 0 Å². The van der Waals surface area contributed by atoms with Crippen molar-refractivity contribution in [3.8, 4) is 0 Å². The minimum atomic E-state index is -0.231. The Balaban J connectivity index is 3.92. The molecule has 64 valence electrons. The zero-order valence-electron chi connectivity index (χ0n) is 7.34. The van der Waals surface area contributed by atoms with Crippen LogP contribution in [-0.4, -0.2) is 29.9 Å². The van der Waals surface area contributed by atoms with Crippen LogP contribution in [0.15, 0.2) is 0 Å². The molecule has 4 nitrogen and oxygen atoms in total. The second-order valence-electron chi connectivity index (χ2n) is 2.51. The Kier molecular flexibility index (Phi) is 3.57. The molecule has 2 amide bonds. The minimum absolute atomic E-state index is 0.0637. The molecule has 0 aromatic carbocycles. The van der Waals surface area contributed by atoms with Gasteiger partial charge in [0.2, 0.25) is 11.8 Å². The van der Waals surface area contributed by atoms with Crippen LogP contribution < -0.4 is 5.32 Å². The summed E-state index contributed by atoms with van der Waals surface area (Å²) in [5.41, 5.74) is 0. The standard InChI is InChI=1S/C7H14N2O2/c1-5(8-6(2)10)9(4)7(3)11/h5H,1-4H3,(H,8,10). The van der Waals surface area contributed by atoms with Gasteiger partial charge in [0, 0.05) is 20.9 Å². The molecule has 0 aromatic heterocycles. The van der Waals surface area contributed by atoms with Gasteiger partial charge in [-0.15, -0.1) is 0 Å². The molecule has 0 fully saturated rings. The molecule has 0 aliphatic carbocycles. The van der Waals surface area contributed by atoms with Gasteiger partial charge < -0.3 is 10.2 Å². The molecule has 0 heterocycles. The zero-order chi connectivity index (χ0) is 9.02. The van der Waals surface area contributed by atoms with E-state index in [1.807, 2.05) is 0 Å². The molecule has 1 unspecified atom stereocenters. The van der Waals surface area contributed by atoms with E-state index in [2.05, 4.69) is 5.32 Å². The van der Waals surface area contributed by atoms with Crippen LogP contribution in [0, 0.1) is 0 Å². The predicted octanol–water partition coefficient (Wildman–Crippen LogP) is -0.0532. The lowest BCUT2D eigenvalue weighted by Crippen LogP contribution is -2.45. The number of nitrogens with one attached hydrogen (secondary N) is 1. The summed E-state index contributed by atoms with van der Waals surface area (Å²) in [5, 5.41) is 2.59. The average Bonchev–Trinajstić information content (AvgIpc) is 1.84. The topological polar surface area (TPSA) is 49.4 Å². The largest absolute Gasteiger partial charge is 0.336 e. The van der Waals surface area contributed by atoms with Crippen molar-refractivity contribution in [1.82, 2.24) is 10.2 Å². The summed E-state index contributed by atoms with van der Waals surface area (Å²) in [6, 6.07) is 0.